The van der Waals surface area contributed by atoms with Crippen LogP contribution in [0.25, 0.3) is 10.2 Å². The van der Waals surface area contributed by atoms with Gasteiger partial charge in [0, 0.05) is 24.7 Å². The van der Waals surface area contributed by atoms with Crippen molar-refractivity contribution in [1.29, 1.82) is 0 Å². The first-order valence-corrected chi connectivity index (χ1v) is 10.7. The van der Waals surface area contributed by atoms with Crippen LogP contribution in [0.3, 0.4) is 0 Å². The van der Waals surface area contributed by atoms with Gasteiger partial charge in [0.2, 0.25) is 0 Å². The second kappa shape index (κ2) is 9.09. The van der Waals surface area contributed by atoms with Gasteiger partial charge in [-0.3, -0.25) is 15.0 Å². The van der Waals surface area contributed by atoms with Crippen molar-refractivity contribution in [1.82, 2.24) is 9.88 Å². The van der Waals surface area contributed by atoms with Gasteiger partial charge in [-0.25, -0.2) is 4.98 Å². The molecule has 1 aliphatic rings. The first kappa shape index (κ1) is 20.1. The van der Waals surface area contributed by atoms with E-state index in [9.17, 15) is 4.79 Å². The Labute approximate surface area is 178 Å². The Morgan fingerprint density at radius 3 is 2.79 bits per heavy atom. The van der Waals surface area contributed by atoms with Crippen LogP contribution >= 0.6 is 22.9 Å². The van der Waals surface area contributed by atoms with Crippen molar-refractivity contribution in [3.63, 3.8) is 0 Å². The molecule has 2 aromatic carbocycles. The van der Waals surface area contributed by atoms with E-state index in [4.69, 9.17) is 21.1 Å². The molecule has 6 nitrogen and oxygen atoms in total. The number of aromatic nitrogens is 1. The molecule has 1 aliphatic heterocycles. The molecule has 3 aromatic rings. The quantitative estimate of drug-likeness (QED) is 0.634. The Hall–Kier alpha value is -2.19. The van der Waals surface area contributed by atoms with Crippen LogP contribution in [0.2, 0.25) is 5.02 Å². The van der Waals surface area contributed by atoms with E-state index in [2.05, 4.69) is 27.3 Å². The molecule has 1 atom stereocenters. The first-order valence-electron chi connectivity index (χ1n) is 9.49. The number of nitrogens with one attached hydrogen (secondary N) is 1. The minimum Gasteiger partial charge on any atom is -0.481 e. The lowest BCUT2D eigenvalue weighted by Crippen LogP contribution is -2.35. The molecule has 4 rings (SSSR count). The van der Waals surface area contributed by atoms with Gasteiger partial charge in [-0.1, -0.05) is 29.0 Å². The smallest absolute Gasteiger partial charge is 0.266 e. The number of hydrogen-bond donors (Lipinski definition) is 1. The second-order valence-corrected chi connectivity index (χ2v) is 8.38. The van der Waals surface area contributed by atoms with Gasteiger partial charge in [-0.2, -0.15) is 0 Å². The zero-order valence-electron chi connectivity index (χ0n) is 16.1. The van der Waals surface area contributed by atoms with Gasteiger partial charge >= 0.3 is 0 Å². The summed E-state index contributed by atoms with van der Waals surface area (Å²) in [5.41, 5.74) is 2.11. The monoisotopic (exact) mass is 431 g/mol. The molecule has 2 heterocycles. The van der Waals surface area contributed by atoms with E-state index in [-0.39, 0.29) is 5.91 Å². The fourth-order valence-electron chi connectivity index (χ4n) is 3.12. The Kier molecular flexibility index (Phi) is 6.30. The number of carbonyl (C=O) groups is 1. The predicted octanol–water partition coefficient (Wildman–Crippen LogP) is 4.19. The molecule has 1 N–H and O–H groups in total. The third kappa shape index (κ3) is 5.25. The summed E-state index contributed by atoms with van der Waals surface area (Å²) in [4.78, 5) is 19.4. The van der Waals surface area contributed by atoms with Crippen LogP contribution in [0, 0.1) is 0 Å². The standard InChI is InChI=1S/C21H22ClN3O3S/c1-14(28-17-5-3-16(22)4-6-17)20(26)24-21-23-18-7-2-15(12-19(18)29-21)13-25-8-10-27-11-9-25/h2-7,12,14H,8-11,13H2,1H3,(H,23,24,26). The normalized spacial score (nSPS) is 15.9. The fraction of sp³-hybridized carbons (Fsp3) is 0.333. The molecular formula is C21H22ClN3O3S. The number of carbonyl (C=O) groups excluding carboxylic acids is 1. The largest absolute Gasteiger partial charge is 0.481 e. The van der Waals surface area contributed by atoms with Gasteiger partial charge in [0.05, 0.1) is 23.4 Å². The van der Waals surface area contributed by atoms with E-state index in [1.54, 1.807) is 31.2 Å². The van der Waals surface area contributed by atoms with E-state index < -0.39 is 6.10 Å². The van der Waals surface area contributed by atoms with Gasteiger partial charge in [-0.05, 0) is 48.9 Å². The van der Waals surface area contributed by atoms with Crippen molar-refractivity contribution in [2.75, 3.05) is 31.6 Å². The summed E-state index contributed by atoms with van der Waals surface area (Å²) in [7, 11) is 0. The number of amides is 1. The summed E-state index contributed by atoms with van der Waals surface area (Å²) in [6.45, 7) is 6.08. The number of hydrogen-bond acceptors (Lipinski definition) is 6. The molecule has 152 valence electrons. The lowest BCUT2D eigenvalue weighted by atomic mass is 10.2. The van der Waals surface area contributed by atoms with Crippen molar-refractivity contribution in [2.45, 2.75) is 19.6 Å². The summed E-state index contributed by atoms with van der Waals surface area (Å²) >= 11 is 7.34. The number of anilines is 1. The second-order valence-electron chi connectivity index (χ2n) is 6.91. The SMILES string of the molecule is CC(Oc1ccc(Cl)cc1)C(=O)Nc1nc2ccc(CN3CCOCC3)cc2s1. The van der Waals surface area contributed by atoms with E-state index >= 15 is 0 Å². The Morgan fingerprint density at radius 2 is 2.03 bits per heavy atom. The highest BCUT2D eigenvalue weighted by molar-refractivity contribution is 7.22. The van der Waals surface area contributed by atoms with Gasteiger partial charge < -0.3 is 9.47 Å². The highest BCUT2D eigenvalue weighted by Gasteiger charge is 2.17. The lowest BCUT2D eigenvalue weighted by Gasteiger charge is -2.26. The van der Waals surface area contributed by atoms with Crippen LogP contribution in [-0.4, -0.2) is 48.2 Å². The van der Waals surface area contributed by atoms with Crippen molar-refractivity contribution in [2.24, 2.45) is 0 Å². The molecular weight excluding hydrogens is 410 g/mol. The number of morpholine rings is 1. The maximum Gasteiger partial charge on any atom is 0.266 e. The molecule has 0 aliphatic carbocycles. The van der Waals surface area contributed by atoms with Crippen LogP contribution in [-0.2, 0) is 16.1 Å². The van der Waals surface area contributed by atoms with Crippen LogP contribution in [0.5, 0.6) is 5.75 Å². The highest BCUT2D eigenvalue weighted by Crippen LogP contribution is 2.27. The van der Waals surface area contributed by atoms with Gasteiger partial charge in [0.1, 0.15) is 5.75 Å². The van der Waals surface area contributed by atoms with E-state index in [0.717, 1.165) is 43.1 Å². The average Bonchev–Trinajstić information content (AvgIpc) is 3.12. The van der Waals surface area contributed by atoms with Crippen molar-refractivity contribution in [3.05, 3.63) is 53.1 Å². The molecule has 1 aromatic heterocycles. The van der Waals surface area contributed by atoms with Crippen molar-refractivity contribution >= 4 is 44.2 Å². The number of ether oxygens (including phenoxy) is 2. The number of rotatable bonds is 6. The molecule has 1 amide bonds. The first-order chi connectivity index (χ1) is 14.1. The maximum atomic E-state index is 12.5. The molecule has 1 saturated heterocycles. The molecule has 1 unspecified atom stereocenters. The molecule has 8 heteroatoms. The third-order valence-corrected chi connectivity index (χ3v) is 5.87. The van der Waals surface area contributed by atoms with Crippen molar-refractivity contribution in [3.8, 4) is 5.75 Å². The number of halogens is 1. The Balaban J connectivity index is 1.39. The van der Waals surface area contributed by atoms with Crippen LogP contribution in [0.1, 0.15) is 12.5 Å². The topological polar surface area (TPSA) is 63.7 Å². The molecule has 0 spiro atoms. The van der Waals surface area contributed by atoms with E-state index in [1.807, 2.05) is 6.07 Å². The molecule has 1 fully saturated rings. The number of nitrogens with zero attached hydrogens (tertiary/aromatic N) is 2. The van der Waals surface area contributed by atoms with Gasteiger partial charge in [0.25, 0.3) is 5.91 Å². The van der Waals surface area contributed by atoms with Crippen LogP contribution < -0.4 is 10.1 Å². The molecule has 0 radical (unpaired) electrons. The minimum absolute atomic E-state index is 0.243. The maximum absolute atomic E-state index is 12.5. The number of fused-ring (bicyclic) bond motifs is 1. The van der Waals surface area contributed by atoms with E-state index in [0.29, 0.717) is 15.9 Å². The average molecular weight is 432 g/mol. The number of thiazole rings is 1. The summed E-state index contributed by atoms with van der Waals surface area (Å²) in [6, 6.07) is 13.2. The number of benzene rings is 2. The molecule has 0 bridgehead atoms. The summed E-state index contributed by atoms with van der Waals surface area (Å²) in [5.74, 6) is 0.349. The zero-order chi connectivity index (χ0) is 20.2. The summed E-state index contributed by atoms with van der Waals surface area (Å²) in [6.07, 6.45) is -0.653. The lowest BCUT2D eigenvalue weighted by molar-refractivity contribution is -0.122. The van der Waals surface area contributed by atoms with Crippen LogP contribution in [0.4, 0.5) is 5.13 Å². The van der Waals surface area contributed by atoms with E-state index in [1.165, 1.54) is 16.9 Å². The Morgan fingerprint density at radius 1 is 1.28 bits per heavy atom. The van der Waals surface area contributed by atoms with Gasteiger partial charge in [-0.15, -0.1) is 0 Å². The summed E-state index contributed by atoms with van der Waals surface area (Å²) in [5, 5.41) is 4.05. The molecule has 29 heavy (non-hydrogen) atoms. The van der Waals surface area contributed by atoms with Crippen LogP contribution in [0.15, 0.2) is 42.5 Å². The van der Waals surface area contributed by atoms with Gasteiger partial charge in [0.15, 0.2) is 11.2 Å². The summed E-state index contributed by atoms with van der Waals surface area (Å²) < 4.78 is 12.1. The zero-order valence-corrected chi connectivity index (χ0v) is 17.6. The third-order valence-electron chi connectivity index (χ3n) is 4.69. The molecule has 0 saturated carbocycles. The highest BCUT2D eigenvalue weighted by atomic mass is 35.5. The minimum atomic E-state index is -0.653. The van der Waals surface area contributed by atoms with Crippen molar-refractivity contribution < 1.29 is 14.3 Å². The predicted molar refractivity (Wildman–Crippen MR) is 116 cm³/mol. The fourth-order valence-corrected chi connectivity index (χ4v) is 4.17. The Bertz CT molecular complexity index is 987.